The molecule has 1 aliphatic carbocycles. The van der Waals surface area contributed by atoms with Crippen LogP contribution in [-0.4, -0.2) is 33.4 Å². The van der Waals surface area contributed by atoms with Crippen molar-refractivity contribution < 1.29 is 13.2 Å². The van der Waals surface area contributed by atoms with Gasteiger partial charge in [-0.1, -0.05) is 13.8 Å². The quantitative estimate of drug-likeness (QED) is 0.822. The first-order valence-corrected chi connectivity index (χ1v) is 8.02. The maximum Gasteiger partial charge on any atom is 0.214 e. The van der Waals surface area contributed by atoms with E-state index in [1.165, 1.54) is 7.11 Å². The molecule has 0 heterocycles. The summed E-state index contributed by atoms with van der Waals surface area (Å²) in [7, 11) is -1.69. The Labute approximate surface area is 105 Å². The molecule has 0 aliphatic heterocycles. The van der Waals surface area contributed by atoms with E-state index in [0.717, 1.165) is 19.3 Å². The summed E-state index contributed by atoms with van der Waals surface area (Å²) in [5.74, 6) is 1.18. The molecule has 4 nitrogen and oxygen atoms in total. The summed E-state index contributed by atoms with van der Waals surface area (Å²) in [6, 6.07) is 0.0975. The van der Waals surface area contributed by atoms with Gasteiger partial charge in [-0.3, -0.25) is 0 Å². The monoisotopic (exact) mass is 263 g/mol. The van der Waals surface area contributed by atoms with E-state index >= 15 is 0 Å². The van der Waals surface area contributed by atoms with Gasteiger partial charge in [-0.05, 0) is 38.0 Å². The van der Waals surface area contributed by atoms with Gasteiger partial charge in [0.15, 0.2) is 0 Å². The zero-order valence-electron chi connectivity index (χ0n) is 11.3. The number of ether oxygens (including phenoxy) is 1. The maximum atomic E-state index is 11.9. The molecule has 0 aromatic rings. The standard InChI is InChI=1S/C12H25NO3S/c1-9-5-6-12(10(2)7-9)13-17(14,15)8-11(3)16-4/h9-13H,5-8H2,1-4H3/t9-,10-,11+,12+/m0/s1. The van der Waals surface area contributed by atoms with Gasteiger partial charge in [0.1, 0.15) is 0 Å². The van der Waals surface area contributed by atoms with E-state index in [-0.39, 0.29) is 17.9 Å². The largest absolute Gasteiger partial charge is 0.381 e. The van der Waals surface area contributed by atoms with E-state index in [9.17, 15) is 8.42 Å². The van der Waals surface area contributed by atoms with Gasteiger partial charge in [0.2, 0.25) is 10.0 Å². The molecule has 17 heavy (non-hydrogen) atoms. The highest BCUT2D eigenvalue weighted by molar-refractivity contribution is 7.89. The molecule has 0 amide bonds. The van der Waals surface area contributed by atoms with Gasteiger partial charge in [0, 0.05) is 13.2 Å². The summed E-state index contributed by atoms with van der Waals surface area (Å²) in [6.45, 7) is 6.13. The number of methoxy groups -OCH3 is 1. The maximum absolute atomic E-state index is 11.9. The second-order valence-electron chi connectivity index (χ2n) is 5.45. The Morgan fingerprint density at radius 3 is 2.53 bits per heavy atom. The zero-order chi connectivity index (χ0) is 13.1. The third-order valence-electron chi connectivity index (χ3n) is 3.62. The molecule has 0 radical (unpaired) electrons. The van der Waals surface area contributed by atoms with Crippen molar-refractivity contribution >= 4 is 10.0 Å². The van der Waals surface area contributed by atoms with Crippen molar-refractivity contribution in [1.29, 1.82) is 0 Å². The minimum absolute atomic E-state index is 0.0439. The van der Waals surface area contributed by atoms with E-state index < -0.39 is 10.0 Å². The van der Waals surface area contributed by atoms with Crippen LogP contribution in [0.15, 0.2) is 0 Å². The first-order valence-electron chi connectivity index (χ1n) is 6.37. The average Bonchev–Trinajstić information content (AvgIpc) is 2.21. The van der Waals surface area contributed by atoms with E-state index in [1.807, 2.05) is 0 Å². The molecule has 1 saturated carbocycles. The Morgan fingerprint density at radius 2 is 2.00 bits per heavy atom. The van der Waals surface area contributed by atoms with E-state index in [1.54, 1.807) is 6.92 Å². The molecule has 1 fully saturated rings. The second kappa shape index (κ2) is 6.16. The molecule has 1 N–H and O–H groups in total. The molecule has 0 saturated heterocycles. The van der Waals surface area contributed by atoms with Gasteiger partial charge in [-0.25, -0.2) is 13.1 Å². The minimum Gasteiger partial charge on any atom is -0.381 e. The summed E-state index contributed by atoms with van der Waals surface area (Å²) in [4.78, 5) is 0. The highest BCUT2D eigenvalue weighted by atomic mass is 32.2. The van der Waals surface area contributed by atoms with Gasteiger partial charge in [0.25, 0.3) is 0 Å². The predicted molar refractivity (Wildman–Crippen MR) is 69.4 cm³/mol. The third-order valence-corrected chi connectivity index (χ3v) is 5.19. The average molecular weight is 263 g/mol. The molecule has 102 valence electrons. The Kier molecular flexibility index (Phi) is 5.41. The highest BCUT2D eigenvalue weighted by Crippen LogP contribution is 2.28. The molecule has 1 aliphatic rings. The van der Waals surface area contributed by atoms with E-state index in [2.05, 4.69) is 18.6 Å². The Morgan fingerprint density at radius 1 is 1.35 bits per heavy atom. The SMILES string of the molecule is CO[C@H](C)CS(=O)(=O)N[C@@H]1CC[C@H](C)C[C@@H]1C. The van der Waals surface area contributed by atoms with Crippen molar-refractivity contribution in [2.45, 2.75) is 52.2 Å². The van der Waals surface area contributed by atoms with Crippen LogP contribution in [0.1, 0.15) is 40.0 Å². The summed E-state index contributed by atoms with van der Waals surface area (Å²) in [5.41, 5.74) is 0. The number of rotatable bonds is 5. The van der Waals surface area contributed by atoms with Gasteiger partial charge >= 0.3 is 0 Å². The van der Waals surface area contributed by atoms with Crippen molar-refractivity contribution in [3.8, 4) is 0 Å². The van der Waals surface area contributed by atoms with Crippen LogP contribution < -0.4 is 4.72 Å². The van der Waals surface area contributed by atoms with Gasteiger partial charge < -0.3 is 4.74 Å². The van der Waals surface area contributed by atoms with Crippen LogP contribution in [0.5, 0.6) is 0 Å². The second-order valence-corrected chi connectivity index (χ2v) is 7.25. The summed E-state index contributed by atoms with van der Waals surface area (Å²) < 4.78 is 31.6. The Bertz CT molecular complexity index is 329. The number of hydrogen-bond donors (Lipinski definition) is 1. The fourth-order valence-corrected chi connectivity index (χ4v) is 4.16. The lowest BCUT2D eigenvalue weighted by atomic mass is 9.80. The van der Waals surface area contributed by atoms with Crippen molar-refractivity contribution in [1.82, 2.24) is 4.72 Å². The molecule has 0 bridgehead atoms. The molecule has 0 aromatic carbocycles. The molecule has 0 spiro atoms. The van der Waals surface area contributed by atoms with E-state index in [4.69, 9.17) is 4.74 Å². The topological polar surface area (TPSA) is 55.4 Å². The predicted octanol–water partition coefficient (Wildman–Crippen LogP) is 1.77. The molecule has 4 atom stereocenters. The molecule has 1 rings (SSSR count). The number of hydrogen-bond acceptors (Lipinski definition) is 3. The lowest BCUT2D eigenvalue weighted by molar-refractivity contribution is 0.135. The number of sulfonamides is 1. The van der Waals surface area contributed by atoms with Crippen molar-refractivity contribution in [3.05, 3.63) is 0 Å². The Balaban J connectivity index is 2.53. The van der Waals surface area contributed by atoms with Gasteiger partial charge in [-0.2, -0.15) is 0 Å². The third kappa shape index (κ3) is 4.94. The summed E-state index contributed by atoms with van der Waals surface area (Å²) in [5, 5.41) is 0. The fraction of sp³-hybridized carbons (Fsp3) is 1.00. The van der Waals surface area contributed by atoms with Crippen molar-refractivity contribution in [2.24, 2.45) is 11.8 Å². The molecule has 5 heteroatoms. The lowest BCUT2D eigenvalue weighted by Crippen LogP contribution is -2.44. The van der Waals surface area contributed by atoms with Crippen LogP contribution in [0.4, 0.5) is 0 Å². The van der Waals surface area contributed by atoms with Crippen LogP contribution >= 0.6 is 0 Å². The van der Waals surface area contributed by atoms with Crippen LogP contribution in [0.3, 0.4) is 0 Å². The van der Waals surface area contributed by atoms with Crippen molar-refractivity contribution in [3.63, 3.8) is 0 Å². The smallest absolute Gasteiger partial charge is 0.214 e. The van der Waals surface area contributed by atoms with E-state index in [0.29, 0.717) is 11.8 Å². The fourth-order valence-electron chi connectivity index (χ4n) is 2.50. The van der Waals surface area contributed by atoms with Gasteiger partial charge in [0.05, 0.1) is 11.9 Å². The summed E-state index contributed by atoms with van der Waals surface area (Å²) >= 11 is 0. The van der Waals surface area contributed by atoms with Crippen LogP contribution in [0, 0.1) is 11.8 Å². The van der Waals surface area contributed by atoms with Crippen LogP contribution in [0.2, 0.25) is 0 Å². The molecular formula is C12H25NO3S. The Hall–Kier alpha value is -0.130. The van der Waals surface area contributed by atoms with Gasteiger partial charge in [-0.15, -0.1) is 0 Å². The van der Waals surface area contributed by atoms with Crippen LogP contribution in [-0.2, 0) is 14.8 Å². The normalized spacial score (nSPS) is 32.4. The minimum atomic E-state index is -3.22. The first kappa shape index (κ1) is 14.9. The summed E-state index contributed by atoms with van der Waals surface area (Å²) in [6.07, 6.45) is 2.90. The first-order chi connectivity index (χ1) is 7.84. The molecule has 0 aromatic heterocycles. The zero-order valence-corrected chi connectivity index (χ0v) is 12.1. The highest BCUT2D eigenvalue weighted by Gasteiger charge is 2.29. The lowest BCUT2D eigenvalue weighted by Gasteiger charge is -2.33. The number of nitrogens with one attached hydrogen (secondary N) is 1. The van der Waals surface area contributed by atoms with Crippen LogP contribution in [0.25, 0.3) is 0 Å². The van der Waals surface area contributed by atoms with Crippen molar-refractivity contribution in [2.75, 3.05) is 12.9 Å². The molecule has 0 unspecified atom stereocenters. The molecular weight excluding hydrogens is 238 g/mol.